The maximum absolute atomic E-state index is 11.9. The summed E-state index contributed by atoms with van der Waals surface area (Å²) in [6.07, 6.45) is 4.71. The summed E-state index contributed by atoms with van der Waals surface area (Å²) in [7, 11) is 0. The Hall–Kier alpha value is -2.64. The van der Waals surface area contributed by atoms with E-state index in [2.05, 4.69) is 25.5 Å². The molecule has 0 saturated carbocycles. The molecule has 0 unspecified atom stereocenters. The standard InChI is InChI=1S/C19H22ClN5O2/c20-16-4-2-1-3-15(16)5-6-19(26)22-8-7-21-17-13-18(24-14-23-17)25-9-11-27-12-10-25/h1-6,13-14H,7-12H2,(H,22,26)(H,21,23,24)/b6-5+. The van der Waals surface area contributed by atoms with E-state index in [4.69, 9.17) is 16.3 Å². The molecule has 7 nitrogen and oxygen atoms in total. The number of amides is 1. The maximum atomic E-state index is 11.9. The molecule has 2 N–H and O–H groups in total. The molecular formula is C19H22ClN5O2. The lowest BCUT2D eigenvalue weighted by molar-refractivity contribution is -0.116. The molecule has 2 heterocycles. The Morgan fingerprint density at radius 2 is 2.04 bits per heavy atom. The average Bonchev–Trinajstić information content (AvgIpc) is 2.71. The van der Waals surface area contributed by atoms with Crippen LogP contribution in [0.15, 0.2) is 42.7 Å². The predicted molar refractivity (Wildman–Crippen MR) is 107 cm³/mol. The van der Waals surface area contributed by atoms with Gasteiger partial charge in [-0.25, -0.2) is 9.97 Å². The number of nitrogens with zero attached hydrogens (tertiary/aromatic N) is 3. The first-order chi connectivity index (χ1) is 13.2. The summed E-state index contributed by atoms with van der Waals surface area (Å²) < 4.78 is 5.35. The molecular weight excluding hydrogens is 366 g/mol. The first-order valence-electron chi connectivity index (χ1n) is 8.81. The van der Waals surface area contributed by atoms with Crippen LogP contribution >= 0.6 is 11.6 Å². The minimum absolute atomic E-state index is 0.173. The van der Waals surface area contributed by atoms with E-state index in [0.29, 0.717) is 31.3 Å². The van der Waals surface area contributed by atoms with E-state index in [9.17, 15) is 4.79 Å². The summed E-state index contributed by atoms with van der Waals surface area (Å²) in [5.41, 5.74) is 0.809. The third kappa shape index (κ3) is 5.94. The van der Waals surface area contributed by atoms with Gasteiger partial charge in [0.1, 0.15) is 18.0 Å². The molecule has 1 saturated heterocycles. The van der Waals surface area contributed by atoms with Gasteiger partial charge in [0.05, 0.1) is 13.2 Å². The number of morpholine rings is 1. The second-order valence-electron chi connectivity index (χ2n) is 5.93. The van der Waals surface area contributed by atoms with E-state index in [-0.39, 0.29) is 5.91 Å². The number of nitrogens with one attached hydrogen (secondary N) is 2. The highest BCUT2D eigenvalue weighted by Crippen LogP contribution is 2.16. The predicted octanol–water partition coefficient (Wildman–Crippen LogP) is 2.21. The van der Waals surface area contributed by atoms with Crippen LogP contribution < -0.4 is 15.5 Å². The Morgan fingerprint density at radius 3 is 2.85 bits per heavy atom. The van der Waals surface area contributed by atoms with Crippen molar-refractivity contribution < 1.29 is 9.53 Å². The molecule has 0 radical (unpaired) electrons. The van der Waals surface area contributed by atoms with Crippen LogP contribution in [0.25, 0.3) is 6.08 Å². The van der Waals surface area contributed by atoms with E-state index in [0.717, 1.165) is 30.3 Å². The summed E-state index contributed by atoms with van der Waals surface area (Å²) in [6, 6.07) is 9.28. The van der Waals surface area contributed by atoms with Crippen LogP contribution in [0.4, 0.5) is 11.6 Å². The Labute approximate surface area is 163 Å². The van der Waals surface area contributed by atoms with Crippen molar-refractivity contribution in [2.24, 2.45) is 0 Å². The molecule has 1 aromatic heterocycles. The van der Waals surface area contributed by atoms with Gasteiger partial charge in [-0.2, -0.15) is 0 Å². The Morgan fingerprint density at radius 1 is 1.22 bits per heavy atom. The van der Waals surface area contributed by atoms with Crippen LogP contribution in [0.2, 0.25) is 5.02 Å². The van der Waals surface area contributed by atoms with Crippen molar-refractivity contribution in [3.8, 4) is 0 Å². The topological polar surface area (TPSA) is 79.4 Å². The summed E-state index contributed by atoms with van der Waals surface area (Å²) in [4.78, 5) is 22.6. The van der Waals surface area contributed by atoms with Gasteiger partial charge in [-0.1, -0.05) is 29.8 Å². The fourth-order valence-electron chi connectivity index (χ4n) is 2.62. The molecule has 0 aliphatic carbocycles. The van der Waals surface area contributed by atoms with Crippen molar-refractivity contribution in [2.75, 3.05) is 49.6 Å². The van der Waals surface area contributed by atoms with E-state index in [1.807, 2.05) is 24.3 Å². The van der Waals surface area contributed by atoms with Gasteiger partial charge in [-0.05, 0) is 17.7 Å². The summed E-state index contributed by atoms with van der Waals surface area (Å²) in [6.45, 7) is 4.10. The van der Waals surface area contributed by atoms with E-state index in [1.54, 1.807) is 12.1 Å². The van der Waals surface area contributed by atoms with Gasteiger partial charge in [0.2, 0.25) is 5.91 Å². The fourth-order valence-corrected chi connectivity index (χ4v) is 2.82. The summed E-state index contributed by atoms with van der Waals surface area (Å²) in [5, 5.41) is 6.63. The third-order valence-electron chi connectivity index (χ3n) is 4.04. The number of rotatable bonds is 7. The van der Waals surface area contributed by atoms with Crippen LogP contribution in [0.5, 0.6) is 0 Å². The number of anilines is 2. The van der Waals surface area contributed by atoms with Gasteiger partial charge in [-0.3, -0.25) is 4.79 Å². The Bertz CT molecular complexity index is 793. The van der Waals surface area contributed by atoms with Crippen LogP contribution in [0.3, 0.4) is 0 Å². The maximum Gasteiger partial charge on any atom is 0.244 e. The van der Waals surface area contributed by atoms with Gasteiger partial charge in [-0.15, -0.1) is 0 Å². The van der Waals surface area contributed by atoms with Gasteiger partial charge in [0.25, 0.3) is 0 Å². The van der Waals surface area contributed by atoms with Crippen LogP contribution in [0.1, 0.15) is 5.56 Å². The number of aromatic nitrogens is 2. The van der Waals surface area contributed by atoms with Crippen molar-refractivity contribution in [1.82, 2.24) is 15.3 Å². The summed E-state index contributed by atoms with van der Waals surface area (Å²) >= 11 is 6.06. The van der Waals surface area contributed by atoms with Gasteiger partial charge in [0.15, 0.2) is 0 Å². The number of halogens is 1. The average molecular weight is 388 g/mol. The lowest BCUT2D eigenvalue weighted by Gasteiger charge is -2.27. The highest BCUT2D eigenvalue weighted by molar-refractivity contribution is 6.32. The quantitative estimate of drug-likeness (QED) is 0.560. The molecule has 2 aromatic rings. The van der Waals surface area contributed by atoms with Crippen molar-refractivity contribution in [1.29, 1.82) is 0 Å². The monoisotopic (exact) mass is 387 g/mol. The molecule has 0 spiro atoms. The molecule has 27 heavy (non-hydrogen) atoms. The largest absolute Gasteiger partial charge is 0.378 e. The van der Waals surface area contributed by atoms with Crippen LogP contribution in [-0.4, -0.2) is 55.3 Å². The summed E-state index contributed by atoms with van der Waals surface area (Å²) in [5.74, 6) is 1.43. The molecule has 1 amide bonds. The number of benzene rings is 1. The zero-order valence-electron chi connectivity index (χ0n) is 14.9. The molecule has 1 aromatic carbocycles. The molecule has 0 bridgehead atoms. The van der Waals surface area contributed by atoms with Crippen molar-refractivity contribution in [3.63, 3.8) is 0 Å². The SMILES string of the molecule is O=C(/C=C/c1ccccc1Cl)NCCNc1cc(N2CCOCC2)ncn1. The van der Waals surface area contributed by atoms with Gasteiger partial charge < -0.3 is 20.3 Å². The second kappa shape index (κ2) is 9.89. The zero-order valence-corrected chi connectivity index (χ0v) is 15.7. The number of ether oxygens (including phenoxy) is 1. The molecule has 1 aliphatic heterocycles. The number of hydrogen-bond acceptors (Lipinski definition) is 6. The molecule has 0 atom stereocenters. The zero-order chi connectivity index (χ0) is 18.9. The minimum atomic E-state index is -0.173. The smallest absolute Gasteiger partial charge is 0.244 e. The molecule has 142 valence electrons. The lowest BCUT2D eigenvalue weighted by atomic mass is 10.2. The minimum Gasteiger partial charge on any atom is -0.378 e. The lowest BCUT2D eigenvalue weighted by Crippen LogP contribution is -2.36. The third-order valence-corrected chi connectivity index (χ3v) is 4.38. The van der Waals surface area contributed by atoms with Crippen molar-refractivity contribution in [3.05, 3.63) is 53.3 Å². The van der Waals surface area contributed by atoms with E-state index >= 15 is 0 Å². The van der Waals surface area contributed by atoms with Crippen LogP contribution in [0, 0.1) is 0 Å². The Balaban J connectivity index is 1.42. The molecule has 3 rings (SSSR count). The Kier molecular flexibility index (Phi) is 7.01. The number of carbonyl (C=O) groups is 1. The second-order valence-corrected chi connectivity index (χ2v) is 6.34. The molecule has 1 fully saturated rings. The van der Waals surface area contributed by atoms with E-state index < -0.39 is 0 Å². The van der Waals surface area contributed by atoms with Gasteiger partial charge in [0, 0.05) is 43.3 Å². The van der Waals surface area contributed by atoms with Crippen molar-refractivity contribution >= 4 is 35.2 Å². The first kappa shape index (κ1) is 19.1. The van der Waals surface area contributed by atoms with Crippen molar-refractivity contribution in [2.45, 2.75) is 0 Å². The fraction of sp³-hybridized carbons (Fsp3) is 0.316. The van der Waals surface area contributed by atoms with E-state index in [1.165, 1.54) is 12.4 Å². The van der Waals surface area contributed by atoms with Crippen LogP contribution in [-0.2, 0) is 9.53 Å². The number of hydrogen-bond donors (Lipinski definition) is 2. The highest BCUT2D eigenvalue weighted by atomic mass is 35.5. The highest BCUT2D eigenvalue weighted by Gasteiger charge is 2.12. The molecule has 8 heteroatoms. The number of carbonyl (C=O) groups excluding carboxylic acids is 1. The molecule has 1 aliphatic rings. The van der Waals surface area contributed by atoms with Gasteiger partial charge >= 0.3 is 0 Å². The first-order valence-corrected chi connectivity index (χ1v) is 9.19. The normalized spacial score (nSPS) is 14.3.